The molecule has 4 nitrogen and oxygen atoms in total. The minimum Gasteiger partial charge on any atom is -0.496 e. The summed E-state index contributed by atoms with van der Waals surface area (Å²) in [5.74, 6) is 1.85. The van der Waals surface area contributed by atoms with E-state index in [-0.39, 0.29) is 5.92 Å². The Hall–Kier alpha value is -2.67. The average molecular weight is 311 g/mol. The van der Waals surface area contributed by atoms with Crippen molar-refractivity contribution < 1.29 is 14.2 Å². The molecule has 2 rings (SSSR count). The van der Waals surface area contributed by atoms with Crippen LogP contribution in [0.1, 0.15) is 23.5 Å². The molecule has 23 heavy (non-hydrogen) atoms. The van der Waals surface area contributed by atoms with Crippen LogP contribution in [0.2, 0.25) is 0 Å². The summed E-state index contributed by atoms with van der Waals surface area (Å²) in [6.45, 7) is 2.43. The fourth-order valence-electron chi connectivity index (χ4n) is 2.42. The highest BCUT2D eigenvalue weighted by molar-refractivity contribution is 5.42. The summed E-state index contributed by atoms with van der Waals surface area (Å²) in [4.78, 5) is 0. The van der Waals surface area contributed by atoms with Crippen molar-refractivity contribution in [3.8, 4) is 23.3 Å². The smallest absolute Gasteiger partial charge is 0.161 e. The quantitative estimate of drug-likeness (QED) is 0.773. The second-order valence-corrected chi connectivity index (χ2v) is 5.22. The number of aryl methyl sites for hydroxylation is 1. The van der Waals surface area contributed by atoms with E-state index in [4.69, 9.17) is 14.2 Å². The highest BCUT2D eigenvalue weighted by Gasteiger charge is 2.16. The molecule has 0 heterocycles. The van der Waals surface area contributed by atoms with Crippen LogP contribution in [0, 0.1) is 18.3 Å². The Morgan fingerprint density at radius 2 is 1.74 bits per heavy atom. The van der Waals surface area contributed by atoms with Crippen LogP contribution in [-0.4, -0.2) is 20.8 Å². The van der Waals surface area contributed by atoms with Crippen molar-refractivity contribution in [1.29, 1.82) is 5.26 Å². The average Bonchev–Trinajstić information content (AvgIpc) is 2.59. The summed E-state index contributed by atoms with van der Waals surface area (Å²) in [5, 5.41) is 9.45. The number of ether oxygens (including phenoxy) is 3. The predicted molar refractivity (Wildman–Crippen MR) is 89.2 cm³/mol. The molecule has 0 fully saturated rings. The van der Waals surface area contributed by atoms with Gasteiger partial charge in [-0.15, -0.1) is 0 Å². The van der Waals surface area contributed by atoms with Crippen molar-refractivity contribution in [1.82, 2.24) is 0 Å². The summed E-state index contributed by atoms with van der Waals surface area (Å²) in [7, 11) is 3.23. The monoisotopic (exact) mass is 311 g/mol. The van der Waals surface area contributed by atoms with Gasteiger partial charge in [0.2, 0.25) is 0 Å². The van der Waals surface area contributed by atoms with Gasteiger partial charge in [-0.1, -0.05) is 24.3 Å². The molecular formula is C19H21NO3. The summed E-state index contributed by atoms with van der Waals surface area (Å²) in [6.07, 6.45) is 0.577. The van der Waals surface area contributed by atoms with Crippen molar-refractivity contribution in [2.75, 3.05) is 20.8 Å². The Kier molecular flexibility index (Phi) is 5.87. The first-order chi connectivity index (χ1) is 11.2. The maximum Gasteiger partial charge on any atom is 0.161 e. The van der Waals surface area contributed by atoms with Crippen molar-refractivity contribution in [3.05, 3.63) is 53.6 Å². The fraction of sp³-hybridized carbons (Fsp3) is 0.316. The Morgan fingerprint density at radius 1 is 1.00 bits per heavy atom. The normalized spacial score (nSPS) is 11.4. The van der Waals surface area contributed by atoms with E-state index in [1.807, 2.05) is 49.4 Å². The Labute approximate surface area is 137 Å². The van der Waals surface area contributed by atoms with Crippen LogP contribution in [0.25, 0.3) is 0 Å². The van der Waals surface area contributed by atoms with E-state index in [9.17, 15) is 5.26 Å². The SMILES string of the molecule is COc1cc(C)ccc1OCCC(C#N)c1ccccc1OC. The van der Waals surface area contributed by atoms with Gasteiger partial charge in [0, 0.05) is 12.0 Å². The molecule has 0 aliphatic rings. The molecule has 0 saturated heterocycles. The molecule has 0 amide bonds. The molecule has 0 saturated carbocycles. The molecule has 0 bridgehead atoms. The zero-order valence-electron chi connectivity index (χ0n) is 13.7. The van der Waals surface area contributed by atoms with Gasteiger partial charge >= 0.3 is 0 Å². The number of para-hydroxylation sites is 1. The standard InChI is InChI=1S/C19H21NO3/c1-14-8-9-18(19(12-14)22-3)23-11-10-15(13-20)16-6-4-5-7-17(16)21-2/h4-9,12,15H,10-11H2,1-3H3. The molecule has 0 aliphatic heterocycles. The lowest BCUT2D eigenvalue weighted by Crippen LogP contribution is -2.06. The molecule has 120 valence electrons. The topological polar surface area (TPSA) is 51.5 Å². The van der Waals surface area contributed by atoms with Gasteiger partial charge in [-0.25, -0.2) is 0 Å². The number of nitriles is 1. The van der Waals surface area contributed by atoms with E-state index in [1.54, 1.807) is 14.2 Å². The van der Waals surface area contributed by atoms with Crippen molar-refractivity contribution in [3.63, 3.8) is 0 Å². The third kappa shape index (κ3) is 4.17. The Morgan fingerprint density at radius 3 is 2.43 bits per heavy atom. The minimum atomic E-state index is -0.275. The van der Waals surface area contributed by atoms with Crippen LogP contribution >= 0.6 is 0 Å². The maximum atomic E-state index is 9.45. The second-order valence-electron chi connectivity index (χ2n) is 5.22. The van der Waals surface area contributed by atoms with Crippen molar-refractivity contribution in [2.24, 2.45) is 0 Å². The third-order valence-corrected chi connectivity index (χ3v) is 3.65. The molecule has 0 spiro atoms. The Balaban J connectivity index is 2.03. The van der Waals surface area contributed by atoms with Crippen LogP contribution in [0.15, 0.2) is 42.5 Å². The molecule has 1 atom stereocenters. The van der Waals surface area contributed by atoms with Gasteiger partial charge in [-0.2, -0.15) is 5.26 Å². The van der Waals surface area contributed by atoms with E-state index < -0.39 is 0 Å². The third-order valence-electron chi connectivity index (χ3n) is 3.65. The molecule has 2 aromatic carbocycles. The summed E-state index contributed by atoms with van der Waals surface area (Å²) in [6, 6.07) is 15.7. The summed E-state index contributed by atoms with van der Waals surface area (Å²) >= 11 is 0. The zero-order valence-corrected chi connectivity index (χ0v) is 13.7. The molecule has 0 aromatic heterocycles. The van der Waals surface area contributed by atoms with Crippen molar-refractivity contribution in [2.45, 2.75) is 19.3 Å². The number of rotatable bonds is 7. The molecule has 2 aromatic rings. The van der Waals surface area contributed by atoms with Crippen LogP contribution in [0.3, 0.4) is 0 Å². The van der Waals surface area contributed by atoms with E-state index in [0.717, 1.165) is 16.9 Å². The van der Waals surface area contributed by atoms with Crippen LogP contribution in [-0.2, 0) is 0 Å². The van der Waals surface area contributed by atoms with Crippen LogP contribution in [0.4, 0.5) is 0 Å². The van der Waals surface area contributed by atoms with E-state index >= 15 is 0 Å². The van der Waals surface area contributed by atoms with Gasteiger partial charge < -0.3 is 14.2 Å². The molecule has 0 aliphatic carbocycles. The molecule has 0 radical (unpaired) electrons. The Bertz CT molecular complexity index is 691. The lowest BCUT2D eigenvalue weighted by Gasteiger charge is -2.15. The second kappa shape index (κ2) is 8.09. The van der Waals surface area contributed by atoms with Gasteiger partial charge in [-0.05, 0) is 30.7 Å². The first-order valence-corrected chi connectivity index (χ1v) is 7.49. The predicted octanol–water partition coefficient (Wildman–Crippen LogP) is 4.09. The van der Waals surface area contributed by atoms with E-state index in [1.165, 1.54) is 0 Å². The molecule has 4 heteroatoms. The largest absolute Gasteiger partial charge is 0.496 e. The zero-order chi connectivity index (χ0) is 16.7. The van der Waals surface area contributed by atoms with Crippen molar-refractivity contribution >= 4 is 0 Å². The van der Waals surface area contributed by atoms with Gasteiger partial charge in [-0.3, -0.25) is 0 Å². The van der Waals surface area contributed by atoms with Gasteiger partial charge in [0.05, 0.1) is 32.8 Å². The molecule has 0 N–H and O–H groups in total. The van der Waals surface area contributed by atoms with Gasteiger partial charge in [0.1, 0.15) is 5.75 Å². The summed E-state index contributed by atoms with van der Waals surface area (Å²) < 4.78 is 16.4. The van der Waals surface area contributed by atoms with Gasteiger partial charge in [0.25, 0.3) is 0 Å². The van der Waals surface area contributed by atoms with Crippen LogP contribution in [0.5, 0.6) is 17.2 Å². The fourth-order valence-corrected chi connectivity index (χ4v) is 2.42. The number of benzene rings is 2. The van der Waals surface area contributed by atoms with E-state index in [0.29, 0.717) is 24.5 Å². The highest BCUT2D eigenvalue weighted by atomic mass is 16.5. The van der Waals surface area contributed by atoms with Crippen LogP contribution < -0.4 is 14.2 Å². The number of hydrogen-bond donors (Lipinski definition) is 0. The lowest BCUT2D eigenvalue weighted by molar-refractivity contribution is 0.284. The minimum absolute atomic E-state index is 0.275. The first-order valence-electron chi connectivity index (χ1n) is 7.49. The molecular weight excluding hydrogens is 290 g/mol. The number of hydrogen-bond acceptors (Lipinski definition) is 4. The summed E-state index contributed by atoms with van der Waals surface area (Å²) in [5.41, 5.74) is 2.00. The van der Waals surface area contributed by atoms with E-state index in [2.05, 4.69) is 6.07 Å². The molecule has 1 unspecified atom stereocenters. The first kappa shape index (κ1) is 16.7. The maximum absolute atomic E-state index is 9.45. The highest BCUT2D eigenvalue weighted by Crippen LogP contribution is 2.31. The number of methoxy groups -OCH3 is 2. The lowest BCUT2D eigenvalue weighted by atomic mass is 9.96. The van der Waals surface area contributed by atoms with Gasteiger partial charge in [0.15, 0.2) is 11.5 Å². The number of nitrogens with zero attached hydrogens (tertiary/aromatic N) is 1.